The fourth-order valence-corrected chi connectivity index (χ4v) is 1.94. The third kappa shape index (κ3) is 2.64. The van der Waals surface area contributed by atoms with E-state index in [1.807, 2.05) is 20.8 Å². The number of aromatic nitrogens is 2. The van der Waals surface area contributed by atoms with E-state index < -0.39 is 11.7 Å². The molecular formula is C11H15ClN4O2. The van der Waals surface area contributed by atoms with Crippen molar-refractivity contribution in [1.29, 1.82) is 0 Å². The van der Waals surface area contributed by atoms with Crippen LogP contribution in [0.15, 0.2) is 0 Å². The van der Waals surface area contributed by atoms with Crippen LogP contribution in [0, 0.1) is 0 Å². The summed E-state index contributed by atoms with van der Waals surface area (Å²) in [5.74, 6) is 0.116. The van der Waals surface area contributed by atoms with E-state index in [-0.39, 0.29) is 5.95 Å². The number of nitrogens with zero attached hydrogens (tertiary/aromatic N) is 3. The molecule has 0 spiro atoms. The van der Waals surface area contributed by atoms with E-state index in [0.717, 1.165) is 5.56 Å². The fourth-order valence-electron chi connectivity index (χ4n) is 1.69. The summed E-state index contributed by atoms with van der Waals surface area (Å²) in [5.41, 5.74) is 6.40. The lowest BCUT2D eigenvalue weighted by molar-refractivity contribution is 0.0240. The normalized spacial score (nSPS) is 14.6. The number of halogens is 1. The Labute approximate surface area is 110 Å². The van der Waals surface area contributed by atoms with E-state index in [1.165, 1.54) is 4.90 Å². The molecule has 7 heteroatoms. The summed E-state index contributed by atoms with van der Waals surface area (Å²) >= 11 is 5.97. The van der Waals surface area contributed by atoms with Gasteiger partial charge in [0, 0.05) is 5.56 Å². The largest absolute Gasteiger partial charge is 0.444 e. The van der Waals surface area contributed by atoms with Crippen molar-refractivity contribution < 1.29 is 9.53 Å². The average Bonchev–Trinajstić information content (AvgIpc) is 2.58. The van der Waals surface area contributed by atoms with Crippen molar-refractivity contribution in [2.45, 2.75) is 39.5 Å². The quantitative estimate of drug-likeness (QED) is 0.729. The second kappa shape index (κ2) is 4.28. The minimum absolute atomic E-state index is 0.116. The summed E-state index contributed by atoms with van der Waals surface area (Å²) in [6.45, 7) is 6.15. The molecule has 0 saturated carbocycles. The molecule has 0 bridgehead atoms. The molecule has 0 unspecified atom stereocenters. The van der Waals surface area contributed by atoms with Gasteiger partial charge in [0.05, 0.1) is 18.8 Å². The maximum absolute atomic E-state index is 11.9. The second-order valence-corrected chi connectivity index (χ2v) is 5.49. The van der Waals surface area contributed by atoms with Gasteiger partial charge < -0.3 is 10.5 Å². The number of anilines is 1. The lowest BCUT2D eigenvalue weighted by Crippen LogP contribution is -2.33. The molecule has 0 aromatic carbocycles. The van der Waals surface area contributed by atoms with Gasteiger partial charge in [-0.1, -0.05) is 11.6 Å². The number of carbonyl (C=O) groups is 1. The van der Waals surface area contributed by atoms with E-state index in [4.69, 9.17) is 22.1 Å². The highest BCUT2D eigenvalue weighted by Gasteiger charge is 2.30. The molecule has 1 aromatic rings. The van der Waals surface area contributed by atoms with Gasteiger partial charge in [-0.3, -0.25) is 4.90 Å². The zero-order valence-electron chi connectivity index (χ0n) is 10.5. The van der Waals surface area contributed by atoms with Gasteiger partial charge in [0.1, 0.15) is 10.8 Å². The zero-order valence-corrected chi connectivity index (χ0v) is 11.3. The molecule has 6 nitrogen and oxygen atoms in total. The molecule has 2 rings (SSSR count). The Balaban J connectivity index is 2.15. The van der Waals surface area contributed by atoms with Crippen molar-refractivity contribution in [3.63, 3.8) is 0 Å². The molecule has 0 atom stereocenters. The van der Waals surface area contributed by atoms with Crippen molar-refractivity contribution in [1.82, 2.24) is 14.9 Å². The number of ether oxygens (including phenoxy) is 1. The minimum atomic E-state index is -0.527. The van der Waals surface area contributed by atoms with Gasteiger partial charge in [0.15, 0.2) is 0 Å². The first-order valence-electron chi connectivity index (χ1n) is 5.55. The van der Waals surface area contributed by atoms with Crippen LogP contribution in [-0.2, 0) is 17.8 Å². The number of carbonyl (C=O) groups excluding carboxylic acids is 1. The highest BCUT2D eigenvalue weighted by Crippen LogP contribution is 2.28. The molecule has 0 saturated heterocycles. The molecule has 2 heterocycles. The van der Waals surface area contributed by atoms with Crippen LogP contribution in [0.1, 0.15) is 32.0 Å². The van der Waals surface area contributed by atoms with Gasteiger partial charge in [0.2, 0.25) is 5.95 Å². The SMILES string of the molecule is CC(C)(C)OC(=O)N1Cc2nc(N)nc(Cl)c2C1. The van der Waals surface area contributed by atoms with Crippen molar-refractivity contribution in [3.05, 3.63) is 16.4 Å². The smallest absolute Gasteiger partial charge is 0.410 e. The number of nitrogens with two attached hydrogens (primary N) is 1. The summed E-state index contributed by atoms with van der Waals surface area (Å²) in [6, 6.07) is 0. The van der Waals surface area contributed by atoms with Gasteiger partial charge in [-0.25, -0.2) is 14.8 Å². The van der Waals surface area contributed by atoms with Crippen molar-refractivity contribution in [3.8, 4) is 0 Å². The lowest BCUT2D eigenvalue weighted by Gasteiger charge is -2.23. The van der Waals surface area contributed by atoms with Gasteiger partial charge in [0.25, 0.3) is 0 Å². The van der Waals surface area contributed by atoms with E-state index in [1.54, 1.807) is 0 Å². The first-order chi connectivity index (χ1) is 8.26. The summed E-state index contributed by atoms with van der Waals surface area (Å²) in [7, 11) is 0. The lowest BCUT2D eigenvalue weighted by atomic mass is 10.2. The van der Waals surface area contributed by atoms with Crippen LogP contribution in [-0.4, -0.2) is 26.6 Å². The van der Waals surface area contributed by atoms with E-state index in [0.29, 0.717) is 23.9 Å². The molecule has 1 amide bonds. The molecule has 1 aliphatic heterocycles. The minimum Gasteiger partial charge on any atom is -0.444 e. The number of nitrogen functional groups attached to an aromatic ring is 1. The molecule has 0 radical (unpaired) electrons. The Bertz CT molecular complexity index is 499. The van der Waals surface area contributed by atoms with Gasteiger partial charge in [-0.15, -0.1) is 0 Å². The van der Waals surface area contributed by atoms with Gasteiger partial charge >= 0.3 is 6.09 Å². The number of fused-ring (bicyclic) bond motifs is 1. The van der Waals surface area contributed by atoms with Crippen LogP contribution >= 0.6 is 11.6 Å². The molecule has 0 fully saturated rings. The molecule has 18 heavy (non-hydrogen) atoms. The second-order valence-electron chi connectivity index (χ2n) is 5.13. The Kier molecular flexibility index (Phi) is 3.06. The van der Waals surface area contributed by atoms with Crippen molar-refractivity contribution in [2.24, 2.45) is 0 Å². The van der Waals surface area contributed by atoms with Crippen LogP contribution < -0.4 is 5.73 Å². The average molecular weight is 271 g/mol. The summed E-state index contributed by atoms with van der Waals surface area (Å²) in [5, 5.41) is 0.295. The third-order valence-corrected chi connectivity index (χ3v) is 2.71. The highest BCUT2D eigenvalue weighted by atomic mass is 35.5. The molecule has 1 aromatic heterocycles. The van der Waals surface area contributed by atoms with Crippen molar-refractivity contribution in [2.75, 3.05) is 5.73 Å². The number of hydrogen-bond donors (Lipinski definition) is 1. The number of amides is 1. The number of hydrogen-bond acceptors (Lipinski definition) is 5. The Morgan fingerprint density at radius 1 is 1.39 bits per heavy atom. The van der Waals surface area contributed by atoms with Crippen LogP contribution in [0.3, 0.4) is 0 Å². The maximum atomic E-state index is 11.9. The van der Waals surface area contributed by atoms with Crippen LogP contribution in [0.2, 0.25) is 5.15 Å². The molecule has 1 aliphatic rings. The summed E-state index contributed by atoms with van der Waals surface area (Å²) in [4.78, 5) is 21.4. The predicted octanol–water partition coefficient (Wildman–Crippen LogP) is 1.96. The first-order valence-corrected chi connectivity index (χ1v) is 5.93. The first kappa shape index (κ1) is 12.9. The van der Waals surface area contributed by atoms with E-state index in [2.05, 4.69) is 9.97 Å². The predicted molar refractivity (Wildman–Crippen MR) is 66.9 cm³/mol. The summed E-state index contributed by atoms with van der Waals surface area (Å²) in [6.07, 6.45) is -0.393. The zero-order chi connectivity index (χ0) is 13.5. The molecular weight excluding hydrogens is 256 g/mol. The highest BCUT2D eigenvalue weighted by molar-refractivity contribution is 6.30. The third-order valence-electron chi connectivity index (χ3n) is 2.40. The Hall–Kier alpha value is -1.56. The monoisotopic (exact) mass is 270 g/mol. The van der Waals surface area contributed by atoms with Gasteiger partial charge in [-0.2, -0.15) is 0 Å². The summed E-state index contributed by atoms with van der Waals surface area (Å²) < 4.78 is 5.29. The maximum Gasteiger partial charge on any atom is 0.410 e. The van der Waals surface area contributed by atoms with Gasteiger partial charge in [-0.05, 0) is 20.8 Å². The molecule has 98 valence electrons. The number of rotatable bonds is 0. The van der Waals surface area contributed by atoms with E-state index in [9.17, 15) is 4.79 Å². The standard InChI is InChI=1S/C11H15ClN4O2/c1-11(2,3)18-10(17)16-4-6-7(5-16)14-9(13)15-8(6)12/h4-5H2,1-3H3,(H2,13,14,15). The molecule has 0 aliphatic carbocycles. The molecule has 2 N–H and O–H groups in total. The van der Waals surface area contributed by atoms with Crippen LogP contribution in [0.5, 0.6) is 0 Å². The Morgan fingerprint density at radius 3 is 2.67 bits per heavy atom. The van der Waals surface area contributed by atoms with E-state index >= 15 is 0 Å². The van der Waals surface area contributed by atoms with Crippen LogP contribution in [0.4, 0.5) is 10.7 Å². The van der Waals surface area contributed by atoms with Crippen molar-refractivity contribution >= 4 is 23.6 Å². The Morgan fingerprint density at radius 2 is 2.06 bits per heavy atom. The van der Waals surface area contributed by atoms with Crippen LogP contribution in [0.25, 0.3) is 0 Å². The fraction of sp³-hybridized carbons (Fsp3) is 0.545. The topological polar surface area (TPSA) is 81.3 Å².